The van der Waals surface area contributed by atoms with Gasteiger partial charge in [-0.3, -0.25) is 4.79 Å². The summed E-state index contributed by atoms with van der Waals surface area (Å²) in [6.07, 6.45) is 0. The molecular weight excluding hydrogens is 455 g/mol. The quantitative estimate of drug-likeness (QED) is 0.297. The van der Waals surface area contributed by atoms with Crippen molar-refractivity contribution in [1.82, 2.24) is 16.0 Å². The van der Waals surface area contributed by atoms with Gasteiger partial charge in [-0.25, -0.2) is 4.99 Å². The molecule has 0 aliphatic carbocycles. The van der Waals surface area contributed by atoms with Crippen LogP contribution in [0, 0.1) is 5.92 Å². The van der Waals surface area contributed by atoms with Gasteiger partial charge in [0.15, 0.2) is 5.96 Å². The van der Waals surface area contributed by atoms with Crippen LogP contribution in [0.25, 0.3) is 0 Å². The van der Waals surface area contributed by atoms with Crippen molar-refractivity contribution in [3.05, 3.63) is 29.8 Å². The minimum atomic E-state index is -0.242. The Hall–Kier alpha value is -1.51. The van der Waals surface area contributed by atoms with E-state index < -0.39 is 0 Å². The molecule has 154 valence electrons. The SMILES string of the molecule is CCNC(=NCc1ccc(OCC(C)C)cc1)NCC(=O)NC(C)(C)C.I. The summed E-state index contributed by atoms with van der Waals surface area (Å²) in [5, 5.41) is 9.13. The second kappa shape index (κ2) is 12.8. The van der Waals surface area contributed by atoms with Crippen molar-refractivity contribution in [3.8, 4) is 5.75 Å². The number of guanidine groups is 1. The third-order valence-corrected chi connectivity index (χ3v) is 3.20. The minimum Gasteiger partial charge on any atom is -0.493 e. The second-order valence-electron chi connectivity index (χ2n) is 7.70. The van der Waals surface area contributed by atoms with Crippen molar-refractivity contribution in [2.45, 2.75) is 53.6 Å². The Balaban J connectivity index is 0.00000676. The number of nitrogens with zero attached hydrogens (tertiary/aromatic N) is 1. The first-order valence-electron chi connectivity index (χ1n) is 9.24. The molecule has 0 aliphatic heterocycles. The molecule has 1 amide bonds. The number of hydrogen-bond acceptors (Lipinski definition) is 3. The van der Waals surface area contributed by atoms with E-state index in [1.54, 1.807) is 0 Å². The number of amides is 1. The van der Waals surface area contributed by atoms with Crippen molar-refractivity contribution in [1.29, 1.82) is 0 Å². The first kappa shape index (κ1) is 25.5. The highest BCUT2D eigenvalue weighted by Crippen LogP contribution is 2.13. The van der Waals surface area contributed by atoms with Crippen LogP contribution in [0.15, 0.2) is 29.3 Å². The standard InChI is InChI=1S/C20H34N4O2.HI/c1-7-21-19(23-13-18(25)24-20(4,5)6)22-12-16-8-10-17(11-9-16)26-14-15(2)3;/h8-11,15H,7,12-14H2,1-6H3,(H,24,25)(H2,21,22,23);1H. The molecule has 0 bridgehead atoms. The number of benzene rings is 1. The molecule has 6 nitrogen and oxygen atoms in total. The Kier molecular flexibility index (Phi) is 12.1. The summed E-state index contributed by atoms with van der Waals surface area (Å²) >= 11 is 0. The molecule has 3 N–H and O–H groups in total. The smallest absolute Gasteiger partial charge is 0.239 e. The maximum atomic E-state index is 11.9. The fraction of sp³-hybridized carbons (Fsp3) is 0.600. The van der Waals surface area contributed by atoms with E-state index in [-0.39, 0.29) is 42.0 Å². The van der Waals surface area contributed by atoms with Crippen LogP contribution in [-0.4, -0.2) is 37.1 Å². The highest BCUT2D eigenvalue weighted by molar-refractivity contribution is 14.0. The van der Waals surface area contributed by atoms with Crippen LogP contribution in [0.5, 0.6) is 5.75 Å². The maximum absolute atomic E-state index is 11.9. The number of rotatable bonds is 8. The fourth-order valence-corrected chi connectivity index (χ4v) is 2.09. The average Bonchev–Trinajstić information content (AvgIpc) is 2.55. The van der Waals surface area contributed by atoms with Crippen LogP contribution in [-0.2, 0) is 11.3 Å². The van der Waals surface area contributed by atoms with Crippen molar-refractivity contribution in [2.75, 3.05) is 19.7 Å². The van der Waals surface area contributed by atoms with Crippen LogP contribution in [0.2, 0.25) is 0 Å². The third-order valence-electron chi connectivity index (χ3n) is 3.20. The summed E-state index contributed by atoms with van der Waals surface area (Å²) in [4.78, 5) is 16.4. The van der Waals surface area contributed by atoms with Crippen molar-refractivity contribution < 1.29 is 9.53 Å². The molecule has 0 fully saturated rings. The van der Waals surface area contributed by atoms with Crippen LogP contribution in [0.3, 0.4) is 0 Å². The molecule has 0 spiro atoms. The molecule has 0 saturated carbocycles. The Labute approximate surface area is 181 Å². The van der Waals surface area contributed by atoms with Gasteiger partial charge in [0.25, 0.3) is 0 Å². The molecule has 0 aliphatic rings. The highest BCUT2D eigenvalue weighted by Gasteiger charge is 2.13. The van der Waals surface area contributed by atoms with Gasteiger partial charge in [-0.05, 0) is 51.3 Å². The summed E-state index contributed by atoms with van der Waals surface area (Å²) in [5.74, 6) is 1.94. The molecule has 0 atom stereocenters. The van der Waals surface area contributed by atoms with Gasteiger partial charge >= 0.3 is 0 Å². The van der Waals surface area contributed by atoms with Gasteiger partial charge in [-0.2, -0.15) is 0 Å². The van der Waals surface area contributed by atoms with Gasteiger partial charge < -0.3 is 20.7 Å². The first-order chi connectivity index (χ1) is 12.2. The monoisotopic (exact) mass is 490 g/mol. The molecule has 27 heavy (non-hydrogen) atoms. The van der Waals surface area contributed by atoms with Gasteiger partial charge in [0.2, 0.25) is 5.91 Å². The Bertz CT molecular complexity index is 581. The number of hydrogen-bond donors (Lipinski definition) is 3. The van der Waals surface area contributed by atoms with Crippen molar-refractivity contribution >= 4 is 35.8 Å². The van der Waals surface area contributed by atoms with Crippen LogP contribution >= 0.6 is 24.0 Å². The van der Waals surface area contributed by atoms with Crippen LogP contribution < -0.4 is 20.7 Å². The van der Waals surface area contributed by atoms with E-state index in [1.165, 1.54) is 0 Å². The van der Waals surface area contributed by atoms with Gasteiger partial charge in [0.1, 0.15) is 5.75 Å². The predicted molar refractivity (Wildman–Crippen MR) is 123 cm³/mol. The summed E-state index contributed by atoms with van der Waals surface area (Å²) in [7, 11) is 0. The lowest BCUT2D eigenvalue weighted by Crippen LogP contribution is -2.48. The largest absolute Gasteiger partial charge is 0.493 e. The first-order valence-corrected chi connectivity index (χ1v) is 9.24. The molecule has 1 aromatic carbocycles. The maximum Gasteiger partial charge on any atom is 0.239 e. The van der Waals surface area contributed by atoms with Gasteiger partial charge in [0, 0.05) is 12.1 Å². The highest BCUT2D eigenvalue weighted by atomic mass is 127. The predicted octanol–water partition coefficient (Wildman–Crippen LogP) is 3.31. The number of aliphatic imine (C=N–C) groups is 1. The Morgan fingerprint density at radius 3 is 2.30 bits per heavy atom. The number of carbonyl (C=O) groups is 1. The number of halogens is 1. The van der Waals surface area contributed by atoms with E-state index in [9.17, 15) is 4.79 Å². The van der Waals surface area contributed by atoms with Gasteiger partial charge in [-0.1, -0.05) is 26.0 Å². The number of carbonyl (C=O) groups excluding carboxylic acids is 1. The van der Waals surface area contributed by atoms with Crippen molar-refractivity contribution in [2.24, 2.45) is 10.9 Å². The zero-order chi connectivity index (χ0) is 19.6. The molecule has 0 heterocycles. The zero-order valence-electron chi connectivity index (χ0n) is 17.4. The summed E-state index contributed by atoms with van der Waals surface area (Å²) in [6, 6.07) is 7.94. The second-order valence-corrected chi connectivity index (χ2v) is 7.70. The molecular formula is C20H35IN4O2. The Morgan fingerprint density at radius 1 is 1.15 bits per heavy atom. The lowest BCUT2D eigenvalue weighted by molar-refractivity contribution is -0.121. The average molecular weight is 490 g/mol. The lowest BCUT2D eigenvalue weighted by Gasteiger charge is -2.21. The molecule has 7 heteroatoms. The topological polar surface area (TPSA) is 74.8 Å². The minimum absolute atomic E-state index is 0. The Morgan fingerprint density at radius 2 is 1.78 bits per heavy atom. The normalized spacial score (nSPS) is 11.6. The fourth-order valence-electron chi connectivity index (χ4n) is 2.09. The number of nitrogens with one attached hydrogen (secondary N) is 3. The molecule has 0 saturated heterocycles. The van der Waals surface area contributed by atoms with Crippen LogP contribution in [0.1, 0.15) is 47.1 Å². The number of ether oxygens (including phenoxy) is 1. The van der Waals surface area contributed by atoms with Gasteiger partial charge in [-0.15, -0.1) is 24.0 Å². The van der Waals surface area contributed by atoms with E-state index >= 15 is 0 Å². The van der Waals surface area contributed by atoms with E-state index in [0.29, 0.717) is 25.0 Å². The molecule has 0 aromatic heterocycles. The summed E-state index contributed by atoms with van der Waals surface area (Å²) in [5.41, 5.74) is 0.839. The summed E-state index contributed by atoms with van der Waals surface area (Å²) in [6.45, 7) is 14.3. The van der Waals surface area contributed by atoms with E-state index in [1.807, 2.05) is 52.0 Å². The molecule has 0 radical (unpaired) electrons. The van der Waals surface area contributed by atoms with E-state index in [4.69, 9.17) is 4.74 Å². The lowest BCUT2D eigenvalue weighted by atomic mass is 10.1. The molecule has 1 rings (SSSR count). The zero-order valence-corrected chi connectivity index (χ0v) is 19.7. The van der Waals surface area contributed by atoms with E-state index in [0.717, 1.165) is 17.9 Å². The summed E-state index contributed by atoms with van der Waals surface area (Å²) < 4.78 is 5.69. The molecule has 0 unspecified atom stereocenters. The van der Waals surface area contributed by atoms with Gasteiger partial charge in [0.05, 0.1) is 19.7 Å². The van der Waals surface area contributed by atoms with E-state index in [2.05, 4.69) is 34.8 Å². The molecule has 1 aromatic rings. The van der Waals surface area contributed by atoms with Crippen molar-refractivity contribution in [3.63, 3.8) is 0 Å². The van der Waals surface area contributed by atoms with Crippen LogP contribution in [0.4, 0.5) is 0 Å². The third kappa shape index (κ3) is 12.5.